The third kappa shape index (κ3) is 6.72. The van der Waals surface area contributed by atoms with Crippen LogP contribution >= 0.6 is 36.4 Å². The van der Waals surface area contributed by atoms with Crippen LogP contribution in [0.15, 0.2) is 24.4 Å². The maximum atomic E-state index is 14.2. The normalized spacial score (nSPS) is 17.5. The lowest BCUT2D eigenvalue weighted by molar-refractivity contribution is 0.313. The molecule has 6 nitrogen and oxygen atoms in total. The van der Waals surface area contributed by atoms with Gasteiger partial charge in [-0.2, -0.15) is 4.98 Å². The van der Waals surface area contributed by atoms with Crippen molar-refractivity contribution in [3.63, 3.8) is 0 Å². The second kappa shape index (κ2) is 11.9. The Balaban J connectivity index is 0.00000171. The largest absolute Gasteiger partial charge is 0.368 e. The monoisotopic (exact) mass is 490 g/mol. The molecule has 2 heterocycles. The molecule has 2 fully saturated rings. The van der Waals surface area contributed by atoms with Crippen LogP contribution in [0.5, 0.6) is 0 Å². The Hall–Kier alpha value is -1.54. The molecular weight excluding hydrogens is 462 g/mol. The van der Waals surface area contributed by atoms with Gasteiger partial charge in [-0.25, -0.2) is 9.37 Å². The zero-order valence-corrected chi connectivity index (χ0v) is 20.0. The molecule has 0 bridgehead atoms. The van der Waals surface area contributed by atoms with Gasteiger partial charge in [0.05, 0.1) is 16.9 Å². The molecule has 1 aromatic heterocycles. The van der Waals surface area contributed by atoms with Crippen molar-refractivity contribution in [3.8, 4) is 0 Å². The lowest BCUT2D eigenvalue weighted by atomic mass is 9.95. The van der Waals surface area contributed by atoms with Crippen LogP contribution in [0.25, 0.3) is 0 Å². The van der Waals surface area contributed by atoms with Crippen LogP contribution in [0.3, 0.4) is 0 Å². The number of benzene rings is 1. The minimum absolute atomic E-state index is 0. The third-order valence-corrected chi connectivity index (χ3v) is 6.04. The number of nitrogens with one attached hydrogen (secondary N) is 2. The first kappa shape index (κ1) is 25.7. The number of halogens is 4. The Morgan fingerprint density at radius 2 is 1.77 bits per heavy atom. The van der Waals surface area contributed by atoms with Crippen molar-refractivity contribution in [1.82, 2.24) is 14.9 Å². The highest BCUT2D eigenvalue weighted by molar-refractivity contribution is 6.33. The number of rotatable bonds is 5. The van der Waals surface area contributed by atoms with E-state index in [1.807, 2.05) is 18.2 Å². The average Bonchev–Trinajstić information content (AvgIpc) is 2.72. The molecule has 1 saturated carbocycles. The maximum Gasteiger partial charge on any atom is 0.229 e. The molecule has 1 aliphatic heterocycles. The van der Waals surface area contributed by atoms with Crippen molar-refractivity contribution in [3.05, 3.63) is 35.2 Å². The van der Waals surface area contributed by atoms with Gasteiger partial charge in [0.1, 0.15) is 0 Å². The second-order valence-corrected chi connectivity index (χ2v) is 8.36. The summed E-state index contributed by atoms with van der Waals surface area (Å²) in [7, 11) is 2.13. The fourth-order valence-corrected chi connectivity index (χ4v) is 4.29. The first-order valence-corrected chi connectivity index (χ1v) is 10.8. The van der Waals surface area contributed by atoms with Gasteiger partial charge in [0.25, 0.3) is 0 Å². The fourth-order valence-electron chi connectivity index (χ4n) is 3.99. The molecule has 172 valence electrons. The molecule has 10 heteroatoms. The van der Waals surface area contributed by atoms with Gasteiger partial charge >= 0.3 is 0 Å². The molecule has 0 spiro atoms. The molecular formula is C21H30Cl3FN6. The highest BCUT2D eigenvalue weighted by Gasteiger charge is 2.18. The molecule has 2 N–H and O–H groups in total. The Kier molecular flexibility index (Phi) is 9.88. The zero-order chi connectivity index (χ0) is 20.2. The van der Waals surface area contributed by atoms with E-state index in [2.05, 4.69) is 37.4 Å². The van der Waals surface area contributed by atoms with Gasteiger partial charge in [0.15, 0.2) is 11.6 Å². The van der Waals surface area contributed by atoms with E-state index in [-0.39, 0.29) is 36.7 Å². The third-order valence-electron chi connectivity index (χ3n) is 5.74. The summed E-state index contributed by atoms with van der Waals surface area (Å²) in [6.07, 6.45) is 6.91. The summed E-state index contributed by atoms with van der Waals surface area (Å²) < 4.78 is 14.2. The van der Waals surface area contributed by atoms with Gasteiger partial charge in [0.2, 0.25) is 5.95 Å². The molecule has 0 atom stereocenters. The Morgan fingerprint density at radius 1 is 1.06 bits per heavy atom. The summed E-state index contributed by atoms with van der Waals surface area (Å²) >= 11 is 6.54. The molecule has 1 aromatic carbocycles. The quantitative estimate of drug-likeness (QED) is 0.588. The zero-order valence-electron chi connectivity index (χ0n) is 17.6. The number of aromatic nitrogens is 2. The molecule has 4 rings (SSSR count). The standard InChI is InChI=1S/C21H28ClFN6.2ClH/c1-28-9-11-29(12-10-28)19-8-7-16(13-17(19)22)26-21-24-14-18(23)20(27-21)25-15-5-3-2-4-6-15;;/h7-8,13-15H,2-6,9-12H2,1H3,(H2,24,25,26,27);2*1H. The number of likely N-dealkylation sites (N-methyl/N-ethyl adjacent to an activating group) is 1. The van der Waals surface area contributed by atoms with E-state index in [0.29, 0.717) is 11.0 Å². The number of anilines is 4. The van der Waals surface area contributed by atoms with Gasteiger partial charge in [0, 0.05) is 37.9 Å². The number of hydrogen-bond donors (Lipinski definition) is 2. The second-order valence-electron chi connectivity index (χ2n) is 7.95. The van der Waals surface area contributed by atoms with Crippen molar-refractivity contribution in [1.29, 1.82) is 0 Å². The van der Waals surface area contributed by atoms with Crippen molar-refractivity contribution >= 4 is 59.6 Å². The summed E-state index contributed by atoms with van der Waals surface area (Å²) in [4.78, 5) is 13.0. The van der Waals surface area contributed by atoms with Gasteiger partial charge in [-0.05, 0) is 38.1 Å². The van der Waals surface area contributed by atoms with E-state index in [9.17, 15) is 4.39 Å². The predicted molar refractivity (Wildman–Crippen MR) is 131 cm³/mol. The van der Waals surface area contributed by atoms with Crippen molar-refractivity contribution in [2.45, 2.75) is 38.1 Å². The van der Waals surface area contributed by atoms with E-state index in [4.69, 9.17) is 11.6 Å². The van der Waals surface area contributed by atoms with Gasteiger partial charge in [-0.15, -0.1) is 24.8 Å². The number of hydrogen-bond acceptors (Lipinski definition) is 6. The van der Waals surface area contributed by atoms with Crippen LogP contribution in [-0.4, -0.2) is 54.1 Å². The maximum absolute atomic E-state index is 14.2. The number of piperazine rings is 1. The van der Waals surface area contributed by atoms with Gasteiger partial charge < -0.3 is 20.4 Å². The summed E-state index contributed by atoms with van der Waals surface area (Å²) in [5.74, 6) is 0.187. The summed E-state index contributed by atoms with van der Waals surface area (Å²) in [6, 6.07) is 6.12. The van der Waals surface area contributed by atoms with E-state index < -0.39 is 5.82 Å². The highest BCUT2D eigenvalue weighted by atomic mass is 35.5. The first-order valence-electron chi connectivity index (χ1n) is 10.4. The number of nitrogens with zero attached hydrogens (tertiary/aromatic N) is 4. The van der Waals surface area contributed by atoms with Crippen LogP contribution in [-0.2, 0) is 0 Å². The van der Waals surface area contributed by atoms with Crippen molar-refractivity contribution < 1.29 is 4.39 Å². The minimum atomic E-state index is -0.426. The summed E-state index contributed by atoms with van der Waals surface area (Å²) in [5.41, 5.74) is 1.81. The SMILES string of the molecule is CN1CCN(c2ccc(Nc3ncc(F)c(NC4CCCCC4)n3)cc2Cl)CC1.Cl.Cl. The summed E-state index contributed by atoms with van der Waals surface area (Å²) in [6.45, 7) is 3.97. The average molecular weight is 492 g/mol. The fraction of sp³-hybridized carbons (Fsp3) is 0.524. The topological polar surface area (TPSA) is 56.3 Å². The summed E-state index contributed by atoms with van der Waals surface area (Å²) in [5, 5.41) is 7.07. The van der Waals surface area contributed by atoms with Crippen LogP contribution in [0.2, 0.25) is 5.02 Å². The van der Waals surface area contributed by atoms with Crippen LogP contribution in [0, 0.1) is 5.82 Å². The first-order chi connectivity index (χ1) is 14.1. The molecule has 0 amide bonds. The van der Waals surface area contributed by atoms with Crippen molar-refractivity contribution in [2.75, 3.05) is 48.8 Å². The smallest absolute Gasteiger partial charge is 0.229 e. The van der Waals surface area contributed by atoms with E-state index >= 15 is 0 Å². The van der Waals surface area contributed by atoms with E-state index in [1.165, 1.54) is 25.5 Å². The van der Waals surface area contributed by atoms with Gasteiger partial charge in [-0.1, -0.05) is 30.9 Å². The van der Waals surface area contributed by atoms with Crippen LogP contribution < -0.4 is 15.5 Å². The molecule has 31 heavy (non-hydrogen) atoms. The molecule has 0 radical (unpaired) electrons. The minimum Gasteiger partial charge on any atom is -0.368 e. The van der Waals surface area contributed by atoms with Crippen LogP contribution in [0.1, 0.15) is 32.1 Å². The van der Waals surface area contributed by atoms with Crippen LogP contribution in [0.4, 0.5) is 27.5 Å². The van der Waals surface area contributed by atoms with Gasteiger partial charge in [-0.3, -0.25) is 0 Å². The molecule has 2 aromatic rings. The Bertz CT molecular complexity index is 842. The van der Waals surface area contributed by atoms with E-state index in [0.717, 1.165) is 50.4 Å². The highest BCUT2D eigenvalue weighted by Crippen LogP contribution is 2.31. The van der Waals surface area contributed by atoms with Crippen molar-refractivity contribution in [2.24, 2.45) is 0 Å². The molecule has 1 aliphatic carbocycles. The lowest BCUT2D eigenvalue weighted by Gasteiger charge is -2.34. The Labute approximate surface area is 200 Å². The predicted octanol–water partition coefficient (Wildman–Crippen LogP) is 5.35. The molecule has 1 saturated heterocycles. The molecule has 2 aliphatic rings. The lowest BCUT2D eigenvalue weighted by Crippen LogP contribution is -2.44. The molecule has 0 unspecified atom stereocenters. The Morgan fingerprint density at radius 3 is 2.45 bits per heavy atom. The van der Waals surface area contributed by atoms with E-state index in [1.54, 1.807) is 0 Å².